The molecule has 1 aromatic heterocycles. The van der Waals surface area contributed by atoms with Crippen LogP contribution in [0.5, 0.6) is 5.88 Å². The third-order valence-electron chi connectivity index (χ3n) is 3.55. The molecule has 2 aromatic carbocycles. The van der Waals surface area contributed by atoms with Gasteiger partial charge in [-0.05, 0) is 43.3 Å². The van der Waals surface area contributed by atoms with E-state index in [9.17, 15) is 4.79 Å². The van der Waals surface area contributed by atoms with Crippen LogP contribution in [-0.4, -0.2) is 22.8 Å². The molecule has 3 rings (SSSR count). The van der Waals surface area contributed by atoms with Gasteiger partial charge >= 0.3 is 6.03 Å². The first-order valence-corrected chi connectivity index (χ1v) is 8.91. The van der Waals surface area contributed by atoms with Gasteiger partial charge in [0.2, 0.25) is 5.88 Å². The molecule has 0 aliphatic carbocycles. The van der Waals surface area contributed by atoms with E-state index in [0.29, 0.717) is 39.6 Å². The Morgan fingerprint density at radius 3 is 2.41 bits per heavy atom. The van der Waals surface area contributed by atoms with Gasteiger partial charge in [0, 0.05) is 22.3 Å². The van der Waals surface area contributed by atoms with E-state index in [2.05, 4.69) is 20.8 Å². The molecule has 1 heterocycles. The number of carbonyl (C=O) groups is 1. The minimum Gasteiger partial charge on any atom is -0.477 e. The average molecular weight is 403 g/mol. The highest BCUT2D eigenvalue weighted by molar-refractivity contribution is 6.36. The predicted molar refractivity (Wildman–Crippen MR) is 108 cm³/mol. The van der Waals surface area contributed by atoms with Crippen LogP contribution in [0.25, 0.3) is 11.3 Å². The first kappa shape index (κ1) is 18.9. The van der Waals surface area contributed by atoms with E-state index >= 15 is 0 Å². The van der Waals surface area contributed by atoms with Gasteiger partial charge in [-0.3, -0.25) is 0 Å². The van der Waals surface area contributed by atoms with E-state index < -0.39 is 6.03 Å². The van der Waals surface area contributed by atoms with Crippen molar-refractivity contribution in [2.45, 2.75) is 6.92 Å². The topological polar surface area (TPSA) is 76.1 Å². The number of hydrogen-bond acceptors (Lipinski definition) is 4. The van der Waals surface area contributed by atoms with Gasteiger partial charge in [-0.1, -0.05) is 35.3 Å². The van der Waals surface area contributed by atoms with Crippen molar-refractivity contribution in [3.05, 3.63) is 64.6 Å². The lowest BCUT2D eigenvalue weighted by molar-refractivity contribution is 0.262. The first-order chi connectivity index (χ1) is 13.0. The van der Waals surface area contributed by atoms with E-state index in [1.807, 2.05) is 25.1 Å². The summed E-state index contributed by atoms with van der Waals surface area (Å²) in [7, 11) is 0. The molecular formula is C19H16Cl2N4O2. The van der Waals surface area contributed by atoms with Crippen molar-refractivity contribution in [1.29, 1.82) is 0 Å². The number of carbonyl (C=O) groups excluding carboxylic acids is 1. The molecule has 0 aliphatic heterocycles. The summed E-state index contributed by atoms with van der Waals surface area (Å²) in [6, 6.07) is 15.3. The van der Waals surface area contributed by atoms with Crippen LogP contribution < -0.4 is 15.4 Å². The number of nitrogens with zero attached hydrogens (tertiary/aromatic N) is 2. The highest BCUT2D eigenvalue weighted by atomic mass is 35.5. The zero-order chi connectivity index (χ0) is 19.2. The molecule has 3 aromatic rings. The molecule has 138 valence electrons. The normalized spacial score (nSPS) is 10.3. The maximum atomic E-state index is 12.1. The molecule has 0 saturated heterocycles. The number of hydrogen-bond donors (Lipinski definition) is 2. The first-order valence-electron chi connectivity index (χ1n) is 8.15. The van der Waals surface area contributed by atoms with Crippen molar-refractivity contribution in [1.82, 2.24) is 10.2 Å². The Kier molecular flexibility index (Phi) is 6.11. The van der Waals surface area contributed by atoms with Crippen LogP contribution in [0.4, 0.5) is 16.2 Å². The fraction of sp³-hybridized carbons (Fsp3) is 0.105. The number of aromatic nitrogens is 2. The number of nitrogens with one attached hydrogen (secondary N) is 2. The van der Waals surface area contributed by atoms with Crippen molar-refractivity contribution in [3.8, 4) is 17.1 Å². The summed E-state index contributed by atoms with van der Waals surface area (Å²) in [5.74, 6) is 0.483. The molecule has 0 atom stereocenters. The Balaban J connectivity index is 1.63. The number of ether oxygens (including phenoxy) is 1. The van der Waals surface area contributed by atoms with Crippen molar-refractivity contribution in [2.24, 2.45) is 0 Å². The van der Waals surface area contributed by atoms with Gasteiger partial charge in [0.1, 0.15) is 0 Å². The summed E-state index contributed by atoms with van der Waals surface area (Å²) in [6.07, 6.45) is 0. The van der Waals surface area contributed by atoms with Gasteiger partial charge in [-0.15, -0.1) is 10.2 Å². The zero-order valence-corrected chi connectivity index (χ0v) is 15.9. The second-order valence-electron chi connectivity index (χ2n) is 5.47. The largest absolute Gasteiger partial charge is 0.477 e. The highest BCUT2D eigenvalue weighted by Gasteiger charge is 2.07. The molecule has 6 nitrogen and oxygen atoms in total. The van der Waals surface area contributed by atoms with Gasteiger partial charge in [-0.25, -0.2) is 4.79 Å². The number of amides is 2. The number of halogens is 2. The molecule has 2 N–H and O–H groups in total. The summed E-state index contributed by atoms with van der Waals surface area (Å²) < 4.78 is 5.28. The molecule has 0 fully saturated rings. The van der Waals surface area contributed by atoms with Gasteiger partial charge in [0.15, 0.2) is 0 Å². The van der Waals surface area contributed by atoms with Crippen LogP contribution in [0.15, 0.2) is 54.6 Å². The Bertz CT molecular complexity index is 931. The third-order valence-corrected chi connectivity index (χ3v) is 4.10. The standard InChI is InChI=1S/C19H16Cl2N4O2/c1-2-27-18-10-9-16(24-25-18)12-3-6-14(7-4-12)22-19(26)23-17-8-5-13(20)11-15(17)21/h3-11H,2H2,1H3,(H2,22,23,26). The summed E-state index contributed by atoms with van der Waals surface area (Å²) in [5.41, 5.74) is 2.68. The fourth-order valence-corrected chi connectivity index (χ4v) is 2.75. The second kappa shape index (κ2) is 8.70. The Hall–Kier alpha value is -2.83. The minimum atomic E-state index is -0.409. The molecule has 2 amide bonds. The summed E-state index contributed by atoms with van der Waals surface area (Å²) >= 11 is 11.9. The SMILES string of the molecule is CCOc1ccc(-c2ccc(NC(=O)Nc3ccc(Cl)cc3Cl)cc2)nn1. The molecule has 8 heteroatoms. The van der Waals surface area contributed by atoms with Crippen LogP contribution >= 0.6 is 23.2 Å². The van der Waals surface area contributed by atoms with Crippen LogP contribution in [0.1, 0.15) is 6.92 Å². The molecule has 0 bridgehead atoms. The lowest BCUT2D eigenvalue weighted by Gasteiger charge is -2.10. The van der Waals surface area contributed by atoms with Crippen LogP contribution in [0, 0.1) is 0 Å². The smallest absolute Gasteiger partial charge is 0.323 e. The highest BCUT2D eigenvalue weighted by Crippen LogP contribution is 2.26. The maximum Gasteiger partial charge on any atom is 0.323 e. The van der Waals surface area contributed by atoms with E-state index in [-0.39, 0.29) is 0 Å². The van der Waals surface area contributed by atoms with E-state index in [1.54, 1.807) is 36.4 Å². The lowest BCUT2D eigenvalue weighted by atomic mass is 10.1. The number of anilines is 2. The van der Waals surface area contributed by atoms with Gasteiger partial charge in [-0.2, -0.15) is 0 Å². The van der Waals surface area contributed by atoms with Crippen LogP contribution in [0.2, 0.25) is 10.0 Å². The van der Waals surface area contributed by atoms with Crippen molar-refractivity contribution in [3.63, 3.8) is 0 Å². The van der Waals surface area contributed by atoms with E-state index in [0.717, 1.165) is 5.56 Å². The Morgan fingerprint density at radius 2 is 1.78 bits per heavy atom. The monoisotopic (exact) mass is 402 g/mol. The minimum absolute atomic E-state index is 0.363. The molecule has 0 saturated carbocycles. The molecule has 0 spiro atoms. The van der Waals surface area contributed by atoms with Crippen LogP contribution in [0.3, 0.4) is 0 Å². The van der Waals surface area contributed by atoms with Crippen molar-refractivity contribution >= 4 is 40.6 Å². The second-order valence-corrected chi connectivity index (χ2v) is 6.31. The molecule has 27 heavy (non-hydrogen) atoms. The Labute approximate surface area is 166 Å². The molecule has 0 radical (unpaired) electrons. The molecule has 0 aliphatic rings. The predicted octanol–water partition coefficient (Wildman–Crippen LogP) is 5.49. The maximum absolute atomic E-state index is 12.1. The fourth-order valence-electron chi connectivity index (χ4n) is 2.30. The van der Waals surface area contributed by atoms with Gasteiger partial charge in [0.25, 0.3) is 0 Å². The summed E-state index contributed by atoms with van der Waals surface area (Å²) in [6.45, 7) is 2.43. The van der Waals surface area contributed by atoms with E-state index in [1.165, 1.54) is 0 Å². The van der Waals surface area contributed by atoms with Gasteiger partial charge < -0.3 is 15.4 Å². The lowest BCUT2D eigenvalue weighted by Crippen LogP contribution is -2.19. The zero-order valence-electron chi connectivity index (χ0n) is 14.4. The van der Waals surface area contributed by atoms with Gasteiger partial charge in [0.05, 0.1) is 23.0 Å². The number of urea groups is 1. The molecular weight excluding hydrogens is 387 g/mol. The van der Waals surface area contributed by atoms with Crippen LogP contribution in [-0.2, 0) is 0 Å². The summed E-state index contributed by atoms with van der Waals surface area (Å²) in [5, 5.41) is 14.4. The number of benzene rings is 2. The summed E-state index contributed by atoms with van der Waals surface area (Å²) in [4.78, 5) is 12.1. The third kappa shape index (κ3) is 5.09. The van der Waals surface area contributed by atoms with Crippen molar-refractivity contribution in [2.75, 3.05) is 17.2 Å². The van der Waals surface area contributed by atoms with Crippen molar-refractivity contribution < 1.29 is 9.53 Å². The van der Waals surface area contributed by atoms with E-state index in [4.69, 9.17) is 27.9 Å². The quantitative estimate of drug-likeness (QED) is 0.591. The molecule has 0 unspecified atom stereocenters. The Morgan fingerprint density at radius 1 is 1.00 bits per heavy atom. The number of rotatable bonds is 5. The average Bonchev–Trinajstić information content (AvgIpc) is 2.66.